The third kappa shape index (κ3) is 3.48. The van der Waals surface area contributed by atoms with Gasteiger partial charge in [0, 0.05) is 5.02 Å². The molecule has 0 aromatic heterocycles. The van der Waals surface area contributed by atoms with Gasteiger partial charge >= 0.3 is 0 Å². The minimum Gasteiger partial charge on any atom is -0.391 e. The van der Waals surface area contributed by atoms with Crippen LogP contribution in [0.5, 0.6) is 0 Å². The van der Waals surface area contributed by atoms with Crippen molar-refractivity contribution in [3.63, 3.8) is 0 Å². The summed E-state index contributed by atoms with van der Waals surface area (Å²) in [4.78, 5) is 0. The molecular weight excluding hydrogens is 222 g/mol. The first-order valence-corrected chi connectivity index (χ1v) is 6.13. The van der Waals surface area contributed by atoms with Crippen LogP contribution < -0.4 is 5.73 Å². The molecule has 0 unspecified atom stereocenters. The monoisotopic (exact) mass is 241 g/mol. The van der Waals surface area contributed by atoms with Gasteiger partial charge in [0.05, 0.1) is 12.1 Å². The molecule has 0 heterocycles. The maximum atomic E-state index is 9.89. The van der Waals surface area contributed by atoms with Crippen LogP contribution in [0.25, 0.3) is 0 Å². The molecule has 3 N–H and O–H groups in total. The Morgan fingerprint density at radius 3 is 2.69 bits per heavy atom. The molecule has 2 nitrogen and oxygen atoms in total. The van der Waals surface area contributed by atoms with Crippen LogP contribution in [0, 0.1) is 6.92 Å². The smallest absolute Gasteiger partial charge is 0.0732 e. The van der Waals surface area contributed by atoms with E-state index in [1.165, 1.54) is 0 Å². The molecule has 0 spiro atoms. The molecule has 16 heavy (non-hydrogen) atoms. The maximum absolute atomic E-state index is 9.89. The minimum atomic E-state index is -0.487. The Balaban J connectivity index is 2.71. The first-order valence-electron chi connectivity index (χ1n) is 5.76. The highest BCUT2D eigenvalue weighted by atomic mass is 35.5. The zero-order valence-electron chi connectivity index (χ0n) is 9.91. The highest BCUT2D eigenvalue weighted by Crippen LogP contribution is 2.23. The third-order valence-corrected chi connectivity index (χ3v) is 3.26. The number of hydrogen-bond donors (Lipinski definition) is 2. The Kier molecular flexibility index (Phi) is 5.26. The number of unbranched alkanes of at least 4 members (excludes halogenated alkanes) is 1. The largest absolute Gasteiger partial charge is 0.391 e. The van der Waals surface area contributed by atoms with Crippen molar-refractivity contribution in [1.82, 2.24) is 0 Å². The molecule has 0 aliphatic heterocycles. The van der Waals surface area contributed by atoms with Crippen LogP contribution in [-0.4, -0.2) is 11.2 Å². The van der Waals surface area contributed by atoms with E-state index in [9.17, 15) is 5.11 Å². The Morgan fingerprint density at radius 1 is 1.44 bits per heavy atom. The minimum absolute atomic E-state index is 0.343. The van der Waals surface area contributed by atoms with Crippen LogP contribution in [0.4, 0.5) is 0 Å². The van der Waals surface area contributed by atoms with Crippen molar-refractivity contribution < 1.29 is 5.11 Å². The lowest BCUT2D eigenvalue weighted by Gasteiger charge is -2.19. The molecule has 0 aliphatic carbocycles. The fourth-order valence-electron chi connectivity index (χ4n) is 1.63. The second kappa shape index (κ2) is 6.24. The molecule has 1 rings (SSSR count). The number of aryl methyl sites for hydroxylation is 1. The highest BCUT2D eigenvalue weighted by Gasteiger charge is 2.16. The summed E-state index contributed by atoms with van der Waals surface area (Å²) < 4.78 is 0. The SMILES string of the molecule is CCCC[C@H](O)[C@H](N)c1ccc(C)c(Cl)c1. The second-order valence-corrected chi connectivity index (χ2v) is 4.65. The predicted molar refractivity (Wildman–Crippen MR) is 68.6 cm³/mol. The number of aliphatic hydroxyl groups excluding tert-OH is 1. The normalized spacial score (nSPS) is 14.8. The summed E-state index contributed by atoms with van der Waals surface area (Å²) in [5.74, 6) is 0. The van der Waals surface area contributed by atoms with Gasteiger partial charge < -0.3 is 10.8 Å². The van der Waals surface area contributed by atoms with E-state index in [4.69, 9.17) is 17.3 Å². The van der Waals surface area contributed by atoms with Gasteiger partial charge in [-0.05, 0) is 30.5 Å². The van der Waals surface area contributed by atoms with Crippen molar-refractivity contribution in [3.8, 4) is 0 Å². The van der Waals surface area contributed by atoms with Gasteiger partial charge in [0.15, 0.2) is 0 Å². The molecule has 0 saturated carbocycles. The average Bonchev–Trinajstić information content (AvgIpc) is 2.28. The van der Waals surface area contributed by atoms with Gasteiger partial charge in [-0.15, -0.1) is 0 Å². The van der Waals surface area contributed by atoms with E-state index in [1.54, 1.807) is 0 Å². The van der Waals surface area contributed by atoms with Crippen LogP contribution in [-0.2, 0) is 0 Å². The van der Waals surface area contributed by atoms with Crippen molar-refractivity contribution >= 4 is 11.6 Å². The highest BCUT2D eigenvalue weighted by molar-refractivity contribution is 6.31. The summed E-state index contributed by atoms with van der Waals surface area (Å²) in [5.41, 5.74) is 7.92. The fraction of sp³-hybridized carbons (Fsp3) is 0.538. The van der Waals surface area contributed by atoms with Crippen molar-refractivity contribution in [2.24, 2.45) is 5.73 Å². The van der Waals surface area contributed by atoms with Crippen LogP contribution in [0.15, 0.2) is 18.2 Å². The molecule has 2 atom stereocenters. The van der Waals surface area contributed by atoms with E-state index in [2.05, 4.69) is 6.92 Å². The first-order chi connectivity index (χ1) is 7.56. The van der Waals surface area contributed by atoms with Crippen LogP contribution in [0.1, 0.15) is 43.4 Å². The molecule has 0 bridgehead atoms. The Morgan fingerprint density at radius 2 is 2.12 bits per heavy atom. The lowest BCUT2D eigenvalue weighted by Crippen LogP contribution is -2.26. The number of halogens is 1. The van der Waals surface area contributed by atoms with Gasteiger partial charge in [-0.3, -0.25) is 0 Å². The summed E-state index contributed by atoms with van der Waals surface area (Å²) in [5, 5.41) is 10.6. The maximum Gasteiger partial charge on any atom is 0.0732 e. The number of aliphatic hydroxyl groups is 1. The Labute approximate surface area is 102 Å². The number of benzene rings is 1. The van der Waals surface area contributed by atoms with Gasteiger partial charge in [-0.2, -0.15) is 0 Å². The van der Waals surface area contributed by atoms with Crippen molar-refractivity contribution in [2.45, 2.75) is 45.3 Å². The van der Waals surface area contributed by atoms with Crippen molar-refractivity contribution in [2.75, 3.05) is 0 Å². The predicted octanol–water partition coefficient (Wildman–Crippen LogP) is 3.20. The molecular formula is C13H20ClNO. The van der Waals surface area contributed by atoms with Gasteiger partial charge in [0.2, 0.25) is 0 Å². The topological polar surface area (TPSA) is 46.2 Å². The molecule has 3 heteroatoms. The second-order valence-electron chi connectivity index (χ2n) is 4.24. The quantitative estimate of drug-likeness (QED) is 0.832. The zero-order valence-corrected chi connectivity index (χ0v) is 10.7. The number of rotatable bonds is 5. The number of hydrogen-bond acceptors (Lipinski definition) is 2. The van der Waals surface area contributed by atoms with E-state index in [-0.39, 0.29) is 6.04 Å². The molecule has 0 radical (unpaired) electrons. The van der Waals surface area contributed by atoms with E-state index < -0.39 is 6.10 Å². The van der Waals surface area contributed by atoms with E-state index in [0.29, 0.717) is 5.02 Å². The van der Waals surface area contributed by atoms with Crippen LogP contribution >= 0.6 is 11.6 Å². The van der Waals surface area contributed by atoms with Gasteiger partial charge in [0.1, 0.15) is 0 Å². The van der Waals surface area contributed by atoms with Crippen molar-refractivity contribution in [3.05, 3.63) is 34.3 Å². The van der Waals surface area contributed by atoms with Crippen LogP contribution in [0.3, 0.4) is 0 Å². The molecule has 90 valence electrons. The molecule has 0 aliphatic rings. The fourth-order valence-corrected chi connectivity index (χ4v) is 1.82. The third-order valence-electron chi connectivity index (χ3n) is 2.85. The lowest BCUT2D eigenvalue weighted by atomic mass is 9.98. The Bertz CT molecular complexity index is 341. The number of nitrogens with two attached hydrogens (primary N) is 1. The molecule has 0 amide bonds. The summed E-state index contributed by atoms with van der Waals surface area (Å²) in [6.45, 7) is 4.05. The van der Waals surface area contributed by atoms with E-state index >= 15 is 0 Å². The molecule has 1 aromatic carbocycles. The van der Waals surface area contributed by atoms with E-state index in [0.717, 1.165) is 30.4 Å². The zero-order chi connectivity index (χ0) is 12.1. The summed E-state index contributed by atoms with van der Waals surface area (Å²) >= 11 is 6.03. The molecule has 0 fully saturated rings. The van der Waals surface area contributed by atoms with Gasteiger partial charge in [-0.25, -0.2) is 0 Å². The van der Waals surface area contributed by atoms with Gasteiger partial charge in [-0.1, -0.05) is 43.5 Å². The van der Waals surface area contributed by atoms with Crippen LogP contribution in [0.2, 0.25) is 5.02 Å². The average molecular weight is 242 g/mol. The summed E-state index contributed by atoms with van der Waals surface area (Å²) in [7, 11) is 0. The summed E-state index contributed by atoms with van der Waals surface area (Å²) in [6.07, 6.45) is 2.31. The van der Waals surface area contributed by atoms with E-state index in [1.807, 2.05) is 25.1 Å². The standard InChI is InChI=1S/C13H20ClNO/c1-3-4-5-12(16)13(15)10-7-6-9(2)11(14)8-10/h6-8,12-13,16H,3-5,15H2,1-2H3/t12-,13+/m0/s1. The molecule has 0 saturated heterocycles. The summed E-state index contributed by atoms with van der Waals surface area (Å²) in [6, 6.07) is 5.37. The van der Waals surface area contributed by atoms with Gasteiger partial charge in [0.25, 0.3) is 0 Å². The molecule has 1 aromatic rings. The lowest BCUT2D eigenvalue weighted by molar-refractivity contribution is 0.132. The first kappa shape index (κ1) is 13.5. The Hall–Kier alpha value is -0.570. The van der Waals surface area contributed by atoms with Crippen molar-refractivity contribution in [1.29, 1.82) is 0 Å².